The number of hydrogen-bond acceptors (Lipinski definition) is 1. The highest BCUT2D eigenvalue weighted by Crippen LogP contribution is 2.41. The van der Waals surface area contributed by atoms with Crippen molar-refractivity contribution >= 4 is 8.32 Å². The third-order valence-electron chi connectivity index (χ3n) is 3.95. The third-order valence-corrected chi connectivity index (χ3v) is 8.43. The highest BCUT2D eigenvalue weighted by Gasteiger charge is 2.40. The SMILES string of the molecule is C=CCC(O[Si](C)(C)C(C)(C)C)c1c(F)cccc1F. The maximum Gasteiger partial charge on any atom is 0.192 e. The Hall–Kier alpha value is -1.00. The quantitative estimate of drug-likeness (QED) is 0.507. The summed E-state index contributed by atoms with van der Waals surface area (Å²) in [6.07, 6.45) is 1.42. The van der Waals surface area contributed by atoms with Gasteiger partial charge in [0.25, 0.3) is 0 Å². The van der Waals surface area contributed by atoms with Crippen LogP contribution in [0.15, 0.2) is 30.9 Å². The molecule has 0 bridgehead atoms. The van der Waals surface area contributed by atoms with Crippen molar-refractivity contribution in [2.75, 3.05) is 0 Å². The minimum Gasteiger partial charge on any atom is -0.409 e. The molecule has 112 valence electrons. The molecule has 0 heterocycles. The van der Waals surface area contributed by atoms with Gasteiger partial charge in [-0.2, -0.15) is 0 Å². The van der Waals surface area contributed by atoms with Gasteiger partial charge in [0.15, 0.2) is 8.32 Å². The van der Waals surface area contributed by atoms with Crippen LogP contribution in [0.25, 0.3) is 0 Å². The van der Waals surface area contributed by atoms with E-state index in [1.54, 1.807) is 6.08 Å². The average Bonchev–Trinajstić information content (AvgIpc) is 2.26. The lowest BCUT2D eigenvalue weighted by Gasteiger charge is -2.39. The van der Waals surface area contributed by atoms with Crippen molar-refractivity contribution in [3.8, 4) is 0 Å². The van der Waals surface area contributed by atoms with Gasteiger partial charge in [0.05, 0.1) is 11.7 Å². The fourth-order valence-electron chi connectivity index (χ4n) is 1.73. The number of rotatable bonds is 5. The van der Waals surface area contributed by atoms with Gasteiger partial charge < -0.3 is 4.43 Å². The van der Waals surface area contributed by atoms with E-state index in [4.69, 9.17) is 4.43 Å². The summed E-state index contributed by atoms with van der Waals surface area (Å²) in [5.74, 6) is -1.12. The van der Waals surface area contributed by atoms with Crippen LogP contribution in [0.5, 0.6) is 0 Å². The van der Waals surface area contributed by atoms with Crippen molar-refractivity contribution in [1.29, 1.82) is 0 Å². The molecule has 20 heavy (non-hydrogen) atoms. The van der Waals surface area contributed by atoms with E-state index in [9.17, 15) is 8.78 Å². The van der Waals surface area contributed by atoms with Crippen LogP contribution < -0.4 is 0 Å². The standard InChI is InChI=1S/C16H24F2OSi/c1-7-9-14(19-20(5,6)16(2,3)4)15-12(17)10-8-11-13(15)18/h7-8,10-11,14H,1,9H2,2-6H3. The van der Waals surface area contributed by atoms with Crippen LogP contribution in [0.4, 0.5) is 8.78 Å². The average molecular weight is 298 g/mol. The topological polar surface area (TPSA) is 9.23 Å². The van der Waals surface area contributed by atoms with Gasteiger partial charge in [-0.1, -0.05) is 32.9 Å². The Morgan fingerprint density at radius 2 is 1.75 bits per heavy atom. The predicted molar refractivity (Wildman–Crippen MR) is 82.2 cm³/mol. The molecule has 0 amide bonds. The molecule has 0 N–H and O–H groups in total. The maximum atomic E-state index is 14.0. The van der Waals surface area contributed by atoms with Gasteiger partial charge in [0.2, 0.25) is 0 Å². The summed E-state index contributed by atoms with van der Waals surface area (Å²) in [5.41, 5.74) is 0.0113. The van der Waals surface area contributed by atoms with E-state index in [1.807, 2.05) is 0 Å². The fourth-order valence-corrected chi connectivity index (χ4v) is 3.01. The zero-order valence-corrected chi connectivity index (χ0v) is 14.0. The van der Waals surface area contributed by atoms with Gasteiger partial charge in [0.1, 0.15) is 11.6 Å². The molecule has 1 atom stereocenters. The monoisotopic (exact) mass is 298 g/mol. The van der Waals surface area contributed by atoms with Crippen LogP contribution in [-0.2, 0) is 4.43 Å². The van der Waals surface area contributed by atoms with Crippen molar-refractivity contribution in [3.63, 3.8) is 0 Å². The Labute approximate surface area is 121 Å². The Balaban J connectivity index is 3.16. The van der Waals surface area contributed by atoms with Crippen LogP contribution in [0, 0.1) is 11.6 Å². The number of benzene rings is 1. The molecule has 0 spiro atoms. The van der Waals surface area contributed by atoms with Gasteiger partial charge in [-0.3, -0.25) is 0 Å². The summed E-state index contributed by atoms with van der Waals surface area (Å²) in [5, 5.41) is -0.0197. The van der Waals surface area contributed by atoms with Crippen LogP contribution in [0.3, 0.4) is 0 Å². The van der Waals surface area contributed by atoms with Crippen molar-refractivity contribution in [2.45, 2.75) is 51.4 Å². The summed E-state index contributed by atoms with van der Waals surface area (Å²) < 4.78 is 34.1. The zero-order chi connectivity index (χ0) is 15.6. The molecule has 0 radical (unpaired) electrons. The molecule has 1 rings (SSSR count). The summed E-state index contributed by atoms with van der Waals surface area (Å²) in [6.45, 7) is 14.1. The van der Waals surface area contributed by atoms with E-state index in [1.165, 1.54) is 18.2 Å². The molecule has 0 aliphatic rings. The van der Waals surface area contributed by atoms with E-state index in [0.717, 1.165) is 0 Å². The molecule has 0 saturated carbocycles. The van der Waals surface area contributed by atoms with E-state index in [2.05, 4.69) is 40.4 Å². The first-order valence-electron chi connectivity index (χ1n) is 6.83. The lowest BCUT2D eigenvalue weighted by atomic mass is 10.1. The Kier molecular flexibility index (Phi) is 5.27. The molecule has 0 aliphatic heterocycles. The molecule has 0 fully saturated rings. The minimum absolute atomic E-state index is 0.0113. The number of hydrogen-bond donors (Lipinski definition) is 0. The van der Waals surface area contributed by atoms with E-state index >= 15 is 0 Å². The third kappa shape index (κ3) is 3.76. The second-order valence-electron chi connectivity index (χ2n) is 6.53. The van der Waals surface area contributed by atoms with Crippen molar-refractivity contribution in [1.82, 2.24) is 0 Å². The van der Waals surface area contributed by atoms with Gasteiger partial charge in [-0.15, -0.1) is 6.58 Å². The van der Waals surface area contributed by atoms with Crippen molar-refractivity contribution in [3.05, 3.63) is 48.1 Å². The fraction of sp³-hybridized carbons (Fsp3) is 0.500. The first-order chi connectivity index (χ1) is 9.10. The predicted octanol–water partition coefficient (Wildman–Crippen LogP) is 5.60. The summed E-state index contributed by atoms with van der Waals surface area (Å²) in [6, 6.07) is 3.90. The molecule has 0 aromatic heterocycles. The summed E-state index contributed by atoms with van der Waals surface area (Å²) in [4.78, 5) is 0. The minimum atomic E-state index is -2.11. The summed E-state index contributed by atoms with van der Waals surface area (Å²) >= 11 is 0. The van der Waals surface area contributed by atoms with E-state index in [0.29, 0.717) is 6.42 Å². The summed E-state index contributed by atoms with van der Waals surface area (Å²) in [7, 11) is -2.11. The molecule has 0 aliphatic carbocycles. The normalized spacial score (nSPS) is 14.2. The van der Waals surface area contributed by atoms with Gasteiger partial charge >= 0.3 is 0 Å². The second-order valence-corrected chi connectivity index (χ2v) is 11.3. The van der Waals surface area contributed by atoms with Crippen LogP contribution >= 0.6 is 0 Å². The molecule has 1 nitrogen and oxygen atoms in total. The Bertz CT molecular complexity index is 458. The molecule has 1 aromatic rings. The molecule has 1 unspecified atom stereocenters. The Morgan fingerprint density at radius 3 is 2.15 bits per heavy atom. The highest BCUT2D eigenvalue weighted by molar-refractivity contribution is 6.74. The number of halogens is 2. The van der Waals surface area contributed by atoms with Crippen LogP contribution in [0.1, 0.15) is 38.9 Å². The van der Waals surface area contributed by atoms with Crippen molar-refractivity contribution < 1.29 is 13.2 Å². The Morgan fingerprint density at radius 1 is 1.25 bits per heavy atom. The molecular formula is C16H24F2OSi. The lowest BCUT2D eigenvalue weighted by Crippen LogP contribution is -2.42. The lowest BCUT2D eigenvalue weighted by molar-refractivity contribution is 0.177. The van der Waals surface area contributed by atoms with Gasteiger partial charge in [-0.05, 0) is 36.7 Å². The second kappa shape index (κ2) is 6.18. The largest absolute Gasteiger partial charge is 0.409 e. The molecular weight excluding hydrogens is 274 g/mol. The molecule has 1 aromatic carbocycles. The smallest absolute Gasteiger partial charge is 0.192 e. The highest BCUT2D eigenvalue weighted by atomic mass is 28.4. The van der Waals surface area contributed by atoms with Gasteiger partial charge in [-0.25, -0.2) is 8.78 Å². The maximum absolute atomic E-state index is 14.0. The molecule has 0 saturated heterocycles. The first-order valence-corrected chi connectivity index (χ1v) is 9.73. The molecule has 4 heteroatoms. The van der Waals surface area contributed by atoms with Crippen LogP contribution in [-0.4, -0.2) is 8.32 Å². The van der Waals surface area contributed by atoms with Gasteiger partial charge in [0, 0.05) is 0 Å². The first kappa shape index (κ1) is 17.0. The van der Waals surface area contributed by atoms with E-state index < -0.39 is 26.1 Å². The van der Waals surface area contributed by atoms with Crippen LogP contribution in [0.2, 0.25) is 18.1 Å². The van der Waals surface area contributed by atoms with E-state index in [-0.39, 0.29) is 10.6 Å². The van der Waals surface area contributed by atoms with Crippen molar-refractivity contribution in [2.24, 2.45) is 0 Å². The zero-order valence-electron chi connectivity index (χ0n) is 13.0.